The third-order valence-electron chi connectivity index (χ3n) is 6.74. The van der Waals surface area contributed by atoms with Gasteiger partial charge < -0.3 is 14.6 Å². The van der Waals surface area contributed by atoms with Gasteiger partial charge >= 0.3 is 5.97 Å². The first-order valence-electron chi connectivity index (χ1n) is 6.33. The molecule has 1 spiro atoms. The van der Waals surface area contributed by atoms with E-state index in [4.69, 9.17) is 9.47 Å². The first-order chi connectivity index (χ1) is 8.13. The summed E-state index contributed by atoms with van der Waals surface area (Å²) in [4.78, 5) is 11.6. The molecule has 1 heterocycles. The SMILES string of the molecule is O=C(O)[C@@]12[C@@H]3[C@@H]4[C@@H]5[C@@H]1[C@H]2[C@@](Br)([C@H]43)C51OCCO1. The lowest BCUT2D eigenvalue weighted by Crippen LogP contribution is -2.50. The molecule has 0 unspecified atom stereocenters. The van der Waals surface area contributed by atoms with Gasteiger partial charge in [-0.25, -0.2) is 0 Å². The lowest BCUT2D eigenvalue weighted by Gasteiger charge is -2.37. The van der Waals surface area contributed by atoms with Crippen LogP contribution in [0.5, 0.6) is 0 Å². The number of carboxylic acids is 1. The summed E-state index contributed by atoms with van der Waals surface area (Å²) < 4.78 is 11.8. The van der Waals surface area contributed by atoms with Crippen LogP contribution in [-0.4, -0.2) is 34.4 Å². The molecule has 0 aromatic rings. The summed E-state index contributed by atoms with van der Waals surface area (Å²) in [5.41, 5.74) is -0.399. The highest BCUT2D eigenvalue weighted by Crippen LogP contribution is 3.04. The van der Waals surface area contributed by atoms with Crippen LogP contribution in [0.2, 0.25) is 0 Å². The minimum absolute atomic E-state index is 0.181. The number of ether oxygens (including phenoxy) is 2. The topological polar surface area (TPSA) is 55.8 Å². The lowest BCUT2D eigenvalue weighted by atomic mass is 9.94. The molecule has 0 aromatic carbocycles. The number of carboxylic acid groups (broad SMARTS) is 1. The zero-order valence-corrected chi connectivity index (χ0v) is 10.5. The zero-order chi connectivity index (χ0) is 11.4. The minimum atomic E-state index is -0.568. The molecule has 7 rings (SSSR count). The molecule has 6 saturated carbocycles. The van der Waals surface area contributed by atoms with Crippen molar-refractivity contribution < 1.29 is 19.4 Å². The number of alkyl halides is 1. The minimum Gasteiger partial charge on any atom is -0.481 e. The van der Waals surface area contributed by atoms with Crippen molar-refractivity contribution in [2.75, 3.05) is 13.2 Å². The number of hydrogen-bond acceptors (Lipinski definition) is 3. The normalized spacial score (nSPS) is 73.5. The Morgan fingerprint density at radius 1 is 1.18 bits per heavy atom. The van der Waals surface area contributed by atoms with Gasteiger partial charge in [0.1, 0.15) is 0 Å². The van der Waals surface area contributed by atoms with Gasteiger partial charge in [0.25, 0.3) is 0 Å². The lowest BCUT2D eigenvalue weighted by molar-refractivity contribution is -0.193. The van der Waals surface area contributed by atoms with E-state index < -0.39 is 17.2 Å². The summed E-state index contributed by atoms with van der Waals surface area (Å²) >= 11 is 3.90. The van der Waals surface area contributed by atoms with Crippen molar-refractivity contribution >= 4 is 21.9 Å². The van der Waals surface area contributed by atoms with Crippen LogP contribution in [0, 0.1) is 40.9 Å². The number of aliphatic carboxylic acids is 1. The Bertz CT molecular complexity index is 515. The Labute approximate surface area is 106 Å². The number of halogens is 1. The molecular formula is C12H11BrO4. The predicted octanol–water partition coefficient (Wildman–Crippen LogP) is 0.699. The molecule has 1 saturated heterocycles. The van der Waals surface area contributed by atoms with Crippen LogP contribution >= 0.6 is 15.9 Å². The average molecular weight is 299 g/mol. The summed E-state index contributed by atoms with van der Waals surface area (Å²) in [6.07, 6.45) is 0. The van der Waals surface area contributed by atoms with Crippen molar-refractivity contribution in [1.29, 1.82) is 0 Å². The molecule has 2 bridgehead atoms. The van der Waals surface area contributed by atoms with E-state index in [-0.39, 0.29) is 10.2 Å². The zero-order valence-electron chi connectivity index (χ0n) is 8.93. The van der Waals surface area contributed by atoms with Gasteiger partial charge in [-0.2, -0.15) is 0 Å². The average Bonchev–Trinajstić information content (AvgIpc) is 2.97. The fourth-order valence-corrected chi connectivity index (χ4v) is 8.56. The van der Waals surface area contributed by atoms with Gasteiger partial charge in [-0.15, -0.1) is 0 Å². The van der Waals surface area contributed by atoms with Crippen LogP contribution in [0.25, 0.3) is 0 Å². The Hall–Kier alpha value is -0.130. The van der Waals surface area contributed by atoms with E-state index in [9.17, 15) is 9.90 Å². The van der Waals surface area contributed by atoms with Gasteiger partial charge in [0.2, 0.25) is 0 Å². The molecule has 90 valence electrons. The van der Waals surface area contributed by atoms with Crippen LogP contribution in [0.15, 0.2) is 0 Å². The highest BCUT2D eigenvalue weighted by Gasteiger charge is 3.10. The van der Waals surface area contributed by atoms with E-state index in [1.165, 1.54) is 0 Å². The molecule has 0 amide bonds. The van der Waals surface area contributed by atoms with E-state index in [1.807, 2.05) is 0 Å². The van der Waals surface area contributed by atoms with Crippen molar-refractivity contribution in [3.05, 3.63) is 0 Å². The Balaban J connectivity index is 1.63. The summed E-state index contributed by atoms with van der Waals surface area (Å²) in [5.74, 6) is 1.35. The van der Waals surface area contributed by atoms with Crippen LogP contribution in [-0.2, 0) is 14.3 Å². The maximum absolute atomic E-state index is 11.6. The Kier molecular flexibility index (Phi) is 0.998. The number of hydrogen-bond donors (Lipinski definition) is 1. The standard InChI is InChI=1S/C12H11BrO4/c13-11-5-3-4(5)10(9(14)15)7(8(10)11)6(3)12(11)16-1-2-17-12/h3-8H,1-2H2,(H,14,15)/t3-,4+,5+,6+,7+,8+,10-,11-/m0/s1. The fraction of sp³-hybridized carbons (Fsp3) is 0.917. The monoisotopic (exact) mass is 298 g/mol. The van der Waals surface area contributed by atoms with Crippen molar-refractivity contribution in [3.8, 4) is 0 Å². The quantitative estimate of drug-likeness (QED) is 0.724. The van der Waals surface area contributed by atoms with E-state index in [2.05, 4.69) is 15.9 Å². The van der Waals surface area contributed by atoms with Crippen molar-refractivity contribution in [1.82, 2.24) is 0 Å². The van der Waals surface area contributed by atoms with Crippen molar-refractivity contribution in [2.24, 2.45) is 40.9 Å². The summed E-state index contributed by atoms with van der Waals surface area (Å²) in [6, 6.07) is 0. The fourth-order valence-electron chi connectivity index (χ4n) is 6.82. The summed E-state index contributed by atoms with van der Waals surface area (Å²) in [5, 5.41) is 9.59. The van der Waals surface area contributed by atoms with E-state index in [0.717, 1.165) is 0 Å². The molecule has 5 heteroatoms. The molecular weight excluding hydrogens is 288 g/mol. The molecule has 0 radical (unpaired) electrons. The van der Waals surface area contributed by atoms with Gasteiger partial charge in [-0.3, -0.25) is 4.79 Å². The number of carbonyl (C=O) groups is 1. The van der Waals surface area contributed by atoms with Crippen LogP contribution in [0.1, 0.15) is 0 Å². The number of rotatable bonds is 1. The first kappa shape index (κ1) is 8.88. The molecule has 0 aromatic heterocycles. The summed E-state index contributed by atoms with van der Waals surface area (Å²) in [6.45, 7) is 1.32. The van der Waals surface area contributed by atoms with E-state index in [1.54, 1.807) is 0 Å². The smallest absolute Gasteiger partial charge is 0.310 e. The summed E-state index contributed by atoms with van der Waals surface area (Å²) in [7, 11) is 0. The second kappa shape index (κ2) is 1.91. The largest absolute Gasteiger partial charge is 0.481 e. The van der Waals surface area contributed by atoms with Crippen LogP contribution in [0.4, 0.5) is 0 Å². The van der Waals surface area contributed by atoms with Crippen LogP contribution < -0.4 is 0 Å². The van der Waals surface area contributed by atoms with Gasteiger partial charge in [0, 0.05) is 11.8 Å². The highest BCUT2D eigenvalue weighted by atomic mass is 79.9. The highest BCUT2D eigenvalue weighted by molar-refractivity contribution is 9.10. The van der Waals surface area contributed by atoms with Crippen LogP contribution in [0.3, 0.4) is 0 Å². The molecule has 17 heavy (non-hydrogen) atoms. The molecule has 8 atom stereocenters. The van der Waals surface area contributed by atoms with E-state index >= 15 is 0 Å². The van der Waals surface area contributed by atoms with Gasteiger partial charge in [-0.05, 0) is 23.7 Å². The first-order valence-corrected chi connectivity index (χ1v) is 7.13. The molecule has 7 aliphatic rings. The van der Waals surface area contributed by atoms with Crippen molar-refractivity contribution in [2.45, 2.75) is 10.1 Å². The molecule has 7 fully saturated rings. The van der Waals surface area contributed by atoms with Crippen molar-refractivity contribution in [3.63, 3.8) is 0 Å². The maximum Gasteiger partial charge on any atom is 0.310 e. The maximum atomic E-state index is 11.6. The molecule has 6 aliphatic carbocycles. The Morgan fingerprint density at radius 3 is 2.29 bits per heavy atom. The third-order valence-corrected chi connectivity index (χ3v) is 8.32. The van der Waals surface area contributed by atoms with Gasteiger partial charge in [-0.1, -0.05) is 15.9 Å². The second-order valence-corrected chi connectivity index (χ2v) is 7.84. The van der Waals surface area contributed by atoms with Gasteiger partial charge in [0.05, 0.1) is 23.0 Å². The van der Waals surface area contributed by atoms with Gasteiger partial charge in [0.15, 0.2) is 5.79 Å². The van der Waals surface area contributed by atoms with E-state index in [0.29, 0.717) is 42.8 Å². The molecule has 4 nitrogen and oxygen atoms in total. The third kappa shape index (κ3) is 0.479. The second-order valence-electron chi connectivity index (χ2n) is 6.53. The predicted molar refractivity (Wildman–Crippen MR) is 57.3 cm³/mol. The Morgan fingerprint density at radius 2 is 1.88 bits per heavy atom. The molecule has 1 aliphatic heterocycles. The molecule has 1 N–H and O–H groups in total.